The number of thiophene rings is 1. The summed E-state index contributed by atoms with van der Waals surface area (Å²) < 4.78 is 5.82. The van der Waals surface area contributed by atoms with Gasteiger partial charge in [-0.15, -0.1) is 11.3 Å². The van der Waals surface area contributed by atoms with E-state index in [0.717, 1.165) is 5.56 Å². The van der Waals surface area contributed by atoms with E-state index >= 15 is 0 Å². The van der Waals surface area contributed by atoms with Crippen LogP contribution in [0.3, 0.4) is 0 Å². The Kier molecular flexibility index (Phi) is 5.17. The molecule has 0 fully saturated rings. The molecule has 2 heterocycles. The Balaban J connectivity index is 1.80. The van der Waals surface area contributed by atoms with E-state index < -0.39 is 0 Å². The van der Waals surface area contributed by atoms with Crippen molar-refractivity contribution >= 4 is 17.2 Å². The van der Waals surface area contributed by atoms with Gasteiger partial charge in [-0.2, -0.15) is 10.2 Å². The topological polar surface area (TPSA) is 65.1 Å². The standard InChI is InChI=1S/C19H20N4OS/c1-13-6-8-14(9-7-13)18-22-15(11-20)19(24-18)21-12-16(23(2)3)17-5-4-10-25-17/h4-10,16,21H,12H2,1-3H3/t16-/m0/s1. The predicted molar refractivity (Wildman–Crippen MR) is 101 cm³/mol. The van der Waals surface area contributed by atoms with Crippen molar-refractivity contribution in [3.05, 3.63) is 57.9 Å². The number of anilines is 1. The van der Waals surface area contributed by atoms with E-state index in [0.29, 0.717) is 18.3 Å². The van der Waals surface area contributed by atoms with E-state index in [2.05, 4.69) is 32.7 Å². The first-order valence-corrected chi connectivity index (χ1v) is 8.88. The number of nitriles is 1. The molecule has 0 radical (unpaired) electrons. The molecule has 3 rings (SSSR count). The molecule has 1 N–H and O–H groups in total. The maximum Gasteiger partial charge on any atom is 0.232 e. The number of hydrogen-bond acceptors (Lipinski definition) is 6. The Morgan fingerprint density at radius 3 is 2.64 bits per heavy atom. The van der Waals surface area contributed by atoms with Crippen LogP contribution in [0.1, 0.15) is 22.2 Å². The molecule has 0 saturated heterocycles. The summed E-state index contributed by atoms with van der Waals surface area (Å²) in [5.41, 5.74) is 2.30. The van der Waals surface area contributed by atoms with Crippen LogP contribution in [0.15, 0.2) is 46.2 Å². The number of oxazole rings is 1. The lowest BCUT2D eigenvalue weighted by atomic mass is 10.1. The van der Waals surface area contributed by atoms with Crippen molar-refractivity contribution in [2.75, 3.05) is 26.0 Å². The van der Waals surface area contributed by atoms with Crippen molar-refractivity contribution in [3.8, 4) is 17.5 Å². The lowest BCUT2D eigenvalue weighted by Gasteiger charge is -2.23. The molecule has 25 heavy (non-hydrogen) atoms. The highest BCUT2D eigenvalue weighted by Gasteiger charge is 2.19. The van der Waals surface area contributed by atoms with Crippen molar-refractivity contribution in [2.24, 2.45) is 0 Å². The van der Waals surface area contributed by atoms with E-state index in [4.69, 9.17) is 4.42 Å². The average Bonchev–Trinajstić information content (AvgIpc) is 3.25. The Morgan fingerprint density at radius 2 is 2.04 bits per heavy atom. The van der Waals surface area contributed by atoms with Gasteiger partial charge >= 0.3 is 0 Å². The summed E-state index contributed by atoms with van der Waals surface area (Å²) in [4.78, 5) is 7.71. The molecule has 0 bridgehead atoms. The van der Waals surface area contributed by atoms with Crippen molar-refractivity contribution in [3.63, 3.8) is 0 Å². The third kappa shape index (κ3) is 3.90. The van der Waals surface area contributed by atoms with Crippen LogP contribution in [0.2, 0.25) is 0 Å². The molecule has 1 atom stereocenters. The second kappa shape index (κ2) is 7.51. The van der Waals surface area contributed by atoms with Gasteiger partial charge in [0.25, 0.3) is 0 Å². The summed E-state index contributed by atoms with van der Waals surface area (Å²) in [6.07, 6.45) is 0. The van der Waals surface area contributed by atoms with E-state index in [1.807, 2.05) is 51.4 Å². The Hall–Kier alpha value is -2.62. The lowest BCUT2D eigenvalue weighted by Crippen LogP contribution is -2.26. The molecule has 0 saturated carbocycles. The zero-order valence-corrected chi connectivity index (χ0v) is 15.3. The van der Waals surface area contributed by atoms with Crippen LogP contribution in [0.5, 0.6) is 0 Å². The highest BCUT2D eigenvalue weighted by Crippen LogP contribution is 2.28. The number of aromatic nitrogens is 1. The number of nitrogens with one attached hydrogen (secondary N) is 1. The van der Waals surface area contributed by atoms with E-state index in [1.165, 1.54) is 10.4 Å². The number of hydrogen-bond donors (Lipinski definition) is 1. The zero-order valence-electron chi connectivity index (χ0n) is 14.5. The van der Waals surface area contributed by atoms with Gasteiger partial charge in [0.05, 0.1) is 6.04 Å². The predicted octanol–water partition coefficient (Wildman–Crippen LogP) is 4.30. The van der Waals surface area contributed by atoms with Gasteiger partial charge in [0.1, 0.15) is 6.07 Å². The van der Waals surface area contributed by atoms with Gasteiger partial charge in [-0.25, -0.2) is 0 Å². The van der Waals surface area contributed by atoms with Crippen molar-refractivity contribution in [1.82, 2.24) is 9.88 Å². The van der Waals surface area contributed by atoms with Crippen LogP contribution in [0.4, 0.5) is 5.88 Å². The number of nitrogens with zero attached hydrogens (tertiary/aromatic N) is 3. The minimum atomic E-state index is 0.194. The van der Waals surface area contributed by atoms with Crippen molar-refractivity contribution in [2.45, 2.75) is 13.0 Å². The van der Waals surface area contributed by atoms with E-state index in [9.17, 15) is 5.26 Å². The van der Waals surface area contributed by atoms with Gasteiger partial charge in [-0.3, -0.25) is 0 Å². The normalized spacial score (nSPS) is 12.1. The molecule has 6 heteroatoms. The molecule has 5 nitrogen and oxygen atoms in total. The summed E-state index contributed by atoms with van der Waals surface area (Å²) >= 11 is 1.71. The highest BCUT2D eigenvalue weighted by atomic mass is 32.1. The first-order valence-electron chi connectivity index (χ1n) is 8.00. The highest BCUT2D eigenvalue weighted by molar-refractivity contribution is 7.10. The van der Waals surface area contributed by atoms with Crippen LogP contribution in [-0.2, 0) is 0 Å². The number of benzene rings is 1. The van der Waals surface area contributed by atoms with Gasteiger partial charge in [0.2, 0.25) is 17.5 Å². The fourth-order valence-electron chi connectivity index (χ4n) is 2.54. The van der Waals surface area contributed by atoms with Crippen LogP contribution in [0, 0.1) is 18.3 Å². The second-order valence-electron chi connectivity index (χ2n) is 6.05. The largest absolute Gasteiger partial charge is 0.419 e. The molecule has 0 aliphatic carbocycles. The van der Waals surface area contributed by atoms with Gasteiger partial charge in [-0.1, -0.05) is 23.8 Å². The molecule has 128 valence electrons. The van der Waals surface area contributed by atoms with Gasteiger partial charge in [-0.05, 0) is 44.6 Å². The Morgan fingerprint density at radius 1 is 1.28 bits per heavy atom. The molecule has 1 aromatic carbocycles. The molecule has 0 aliphatic heterocycles. The minimum absolute atomic E-state index is 0.194. The fraction of sp³-hybridized carbons (Fsp3) is 0.263. The van der Waals surface area contributed by atoms with Crippen molar-refractivity contribution < 1.29 is 4.42 Å². The zero-order chi connectivity index (χ0) is 17.8. The summed E-state index contributed by atoms with van der Waals surface area (Å²) in [6, 6.07) is 14.3. The molecule has 0 spiro atoms. The molecule has 0 unspecified atom stereocenters. The van der Waals surface area contributed by atoms with Crippen molar-refractivity contribution in [1.29, 1.82) is 5.26 Å². The summed E-state index contributed by atoms with van der Waals surface area (Å²) in [5, 5.41) is 14.7. The average molecular weight is 352 g/mol. The maximum absolute atomic E-state index is 9.36. The quantitative estimate of drug-likeness (QED) is 0.716. The van der Waals surface area contributed by atoms with Gasteiger partial charge in [0, 0.05) is 17.0 Å². The Labute approximate surface area is 151 Å². The summed E-state index contributed by atoms with van der Waals surface area (Å²) in [6.45, 7) is 2.66. The van der Waals surface area contributed by atoms with Crippen LogP contribution in [0.25, 0.3) is 11.5 Å². The van der Waals surface area contributed by atoms with Crippen LogP contribution >= 0.6 is 11.3 Å². The Bertz CT molecular complexity index is 860. The second-order valence-corrected chi connectivity index (χ2v) is 7.03. The third-order valence-electron chi connectivity index (χ3n) is 3.98. The molecular weight excluding hydrogens is 332 g/mol. The van der Waals surface area contributed by atoms with Gasteiger partial charge < -0.3 is 14.6 Å². The van der Waals surface area contributed by atoms with Crippen LogP contribution < -0.4 is 5.32 Å². The van der Waals surface area contributed by atoms with Gasteiger partial charge in [0.15, 0.2) is 0 Å². The molecule has 0 aliphatic rings. The SMILES string of the molecule is Cc1ccc(-c2nc(C#N)c(NC[C@@H](c3cccs3)N(C)C)o2)cc1. The monoisotopic (exact) mass is 352 g/mol. The van der Waals surface area contributed by atoms with E-state index in [-0.39, 0.29) is 11.7 Å². The minimum Gasteiger partial charge on any atom is -0.419 e. The molecule has 0 amide bonds. The van der Waals surface area contributed by atoms with E-state index in [1.54, 1.807) is 11.3 Å². The summed E-state index contributed by atoms with van der Waals surface area (Å²) in [7, 11) is 4.07. The smallest absolute Gasteiger partial charge is 0.232 e. The number of rotatable bonds is 6. The first kappa shape index (κ1) is 17.2. The maximum atomic E-state index is 9.36. The molecule has 3 aromatic rings. The fourth-order valence-corrected chi connectivity index (χ4v) is 3.47. The van der Waals surface area contributed by atoms with Crippen LogP contribution in [-0.4, -0.2) is 30.5 Å². The first-order chi connectivity index (χ1) is 12.1. The number of likely N-dealkylation sites (N-methyl/N-ethyl adjacent to an activating group) is 1. The summed E-state index contributed by atoms with van der Waals surface area (Å²) in [5.74, 6) is 0.873. The number of aryl methyl sites for hydroxylation is 1. The molecular formula is C19H20N4OS. The molecule has 2 aromatic heterocycles. The third-order valence-corrected chi connectivity index (χ3v) is 4.96. The lowest BCUT2D eigenvalue weighted by molar-refractivity contribution is 0.315.